The Balaban J connectivity index is 1.78. The predicted octanol–water partition coefficient (Wildman–Crippen LogP) is 5.23. The van der Waals surface area contributed by atoms with E-state index in [2.05, 4.69) is 50.9 Å². The van der Waals surface area contributed by atoms with E-state index in [0.29, 0.717) is 5.25 Å². The number of hydrogen-bond donors (Lipinski definition) is 0. The molecule has 4 rings (SSSR count). The topological polar surface area (TPSA) is 47.0 Å². The number of ether oxygens (including phenoxy) is 2. The van der Waals surface area contributed by atoms with Crippen molar-refractivity contribution in [2.45, 2.75) is 44.2 Å². The summed E-state index contributed by atoms with van der Waals surface area (Å²) in [6.45, 7) is 7.24. The van der Waals surface area contributed by atoms with Crippen molar-refractivity contribution in [1.82, 2.24) is 9.88 Å². The number of methoxy groups -OCH3 is 1. The average Bonchev–Trinajstić information content (AvgIpc) is 3.19. The fourth-order valence-electron chi connectivity index (χ4n) is 3.74. The molecule has 0 saturated carbocycles. The molecule has 0 bridgehead atoms. The highest BCUT2D eigenvalue weighted by Crippen LogP contribution is 2.50. The van der Waals surface area contributed by atoms with Crippen LogP contribution in [-0.4, -0.2) is 40.1 Å². The average molecular weight is 462 g/mol. The molecule has 7 heteroatoms. The van der Waals surface area contributed by atoms with Gasteiger partial charge in [-0.2, -0.15) is 0 Å². The number of halogens is 1. The van der Waals surface area contributed by atoms with Crippen LogP contribution in [0.5, 0.6) is 11.5 Å². The van der Waals surface area contributed by atoms with Gasteiger partial charge in [-0.25, -0.2) is 0 Å². The molecule has 148 valence electrons. The van der Waals surface area contributed by atoms with E-state index < -0.39 is 0 Å². The van der Waals surface area contributed by atoms with E-state index >= 15 is 0 Å². The molecule has 28 heavy (non-hydrogen) atoms. The summed E-state index contributed by atoms with van der Waals surface area (Å²) in [5.74, 6) is 1.46. The lowest BCUT2D eigenvalue weighted by molar-refractivity contribution is 0.228. The van der Waals surface area contributed by atoms with Crippen molar-refractivity contribution < 1.29 is 9.47 Å². The Morgan fingerprint density at radius 1 is 1.29 bits per heavy atom. The molecular weight excluding hydrogens is 438 g/mol. The van der Waals surface area contributed by atoms with Crippen molar-refractivity contribution in [3.05, 3.63) is 52.3 Å². The molecule has 0 radical (unpaired) electrons. The van der Waals surface area contributed by atoms with E-state index in [-0.39, 0.29) is 18.2 Å². The van der Waals surface area contributed by atoms with Crippen molar-refractivity contribution in [3.8, 4) is 11.5 Å². The summed E-state index contributed by atoms with van der Waals surface area (Å²) in [7, 11) is 1.68. The Morgan fingerprint density at radius 2 is 2.11 bits per heavy atom. The Morgan fingerprint density at radius 3 is 2.79 bits per heavy atom. The van der Waals surface area contributed by atoms with Crippen molar-refractivity contribution in [2.24, 2.45) is 4.99 Å². The van der Waals surface area contributed by atoms with E-state index in [1.165, 1.54) is 0 Å². The van der Waals surface area contributed by atoms with Gasteiger partial charge >= 0.3 is 0 Å². The molecule has 0 N–H and O–H groups in total. The number of thioether (sulfide) groups is 1. The van der Waals surface area contributed by atoms with E-state index in [1.54, 1.807) is 7.11 Å². The first-order valence-electron chi connectivity index (χ1n) is 9.44. The van der Waals surface area contributed by atoms with E-state index in [0.717, 1.165) is 38.9 Å². The molecule has 3 atom stereocenters. The van der Waals surface area contributed by atoms with Crippen molar-refractivity contribution in [2.75, 3.05) is 13.7 Å². The van der Waals surface area contributed by atoms with Gasteiger partial charge in [-0.1, -0.05) is 24.8 Å². The first-order chi connectivity index (χ1) is 13.5. The number of aliphatic imine (C=N–C) groups is 1. The highest BCUT2D eigenvalue weighted by atomic mass is 79.9. The lowest BCUT2D eigenvalue weighted by Gasteiger charge is -2.28. The van der Waals surface area contributed by atoms with Crippen LogP contribution >= 0.6 is 27.7 Å². The van der Waals surface area contributed by atoms with Crippen molar-refractivity contribution in [3.63, 3.8) is 0 Å². The molecule has 2 aliphatic rings. The third kappa shape index (κ3) is 3.62. The van der Waals surface area contributed by atoms with E-state index in [1.807, 2.05) is 43.9 Å². The molecule has 0 amide bonds. The van der Waals surface area contributed by atoms with Crippen LogP contribution in [0.2, 0.25) is 0 Å². The Bertz CT molecular complexity index is 891. The van der Waals surface area contributed by atoms with Crippen LogP contribution in [-0.2, 0) is 0 Å². The van der Waals surface area contributed by atoms with Gasteiger partial charge in [0.15, 0.2) is 16.7 Å². The molecule has 0 spiro atoms. The first-order valence-corrected chi connectivity index (χ1v) is 11.1. The van der Waals surface area contributed by atoms with Crippen LogP contribution in [0.4, 0.5) is 0 Å². The maximum Gasteiger partial charge on any atom is 0.175 e. The second-order valence-electron chi connectivity index (χ2n) is 7.34. The predicted molar refractivity (Wildman–Crippen MR) is 117 cm³/mol. The quantitative estimate of drug-likeness (QED) is 0.609. The van der Waals surface area contributed by atoms with Crippen LogP contribution in [0.1, 0.15) is 44.1 Å². The Labute approximate surface area is 178 Å². The number of benzene rings is 1. The fraction of sp³-hybridized carbons (Fsp3) is 0.429. The second-order valence-corrected chi connectivity index (χ2v) is 9.60. The lowest BCUT2D eigenvalue weighted by atomic mass is 9.96. The molecular formula is C21H24BrN3O2S. The standard InChI is InChI=1S/C21H24BrN3O2S/c1-12(2)27-20-15(22)9-14(10-17(20)26-4)19-18(16-7-5-6-8-23-16)24-21-25(19)11-13(3)28-21/h5-10,12-13,18-19H,11H2,1-4H3/t13-,18-,19+/m0/s1. The fourth-order valence-corrected chi connectivity index (χ4v) is 5.38. The number of fused-ring (bicyclic) bond motifs is 1. The number of rotatable bonds is 5. The monoisotopic (exact) mass is 461 g/mol. The van der Waals surface area contributed by atoms with Gasteiger partial charge in [-0.3, -0.25) is 9.98 Å². The third-order valence-corrected chi connectivity index (χ3v) is 6.52. The molecule has 1 fully saturated rings. The Hall–Kier alpha value is -1.73. The maximum absolute atomic E-state index is 5.97. The minimum absolute atomic E-state index is 0.0373. The first kappa shape index (κ1) is 19.6. The minimum Gasteiger partial charge on any atom is -0.493 e. The minimum atomic E-state index is -0.0373. The molecule has 3 heterocycles. The molecule has 2 aromatic rings. The van der Waals surface area contributed by atoms with Gasteiger partial charge in [0.05, 0.1) is 29.4 Å². The molecule has 5 nitrogen and oxygen atoms in total. The summed E-state index contributed by atoms with van der Waals surface area (Å²) < 4.78 is 12.5. The highest BCUT2D eigenvalue weighted by Gasteiger charge is 2.44. The number of amidine groups is 1. The SMILES string of the molecule is COc1cc([C@@H]2[C@H](c3ccccn3)N=C3S[C@@H](C)CN32)cc(Br)c1OC(C)C. The summed E-state index contributed by atoms with van der Waals surface area (Å²) >= 11 is 5.53. The molecule has 1 aromatic carbocycles. The summed E-state index contributed by atoms with van der Waals surface area (Å²) in [4.78, 5) is 12.0. The summed E-state index contributed by atoms with van der Waals surface area (Å²) in [6, 6.07) is 10.3. The number of aromatic nitrogens is 1. The van der Waals surface area contributed by atoms with E-state index in [9.17, 15) is 0 Å². The maximum atomic E-state index is 5.97. The zero-order valence-electron chi connectivity index (χ0n) is 16.4. The van der Waals surface area contributed by atoms with Gasteiger partial charge < -0.3 is 14.4 Å². The van der Waals surface area contributed by atoms with E-state index in [4.69, 9.17) is 14.5 Å². The van der Waals surface area contributed by atoms with Crippen LogP contribution < -0.4 is 9.47 Å². The van der Waals surface area contributed by atoms with Gasteiger partial charge in [-0.15, -0.1) is 0 Å². The van der Waals surface area contributed by atoms with Crippen LogP contribution in [0.15, 0.2) is 46.0 Å². The van der Waals surface area contributed by atoms with Crippen LogP contribution in [0.3, 0.4) is 0 Å². The lowest BCUT2D eigenvalue weighted by Crippen LogP contribution is -2.28. The molecule has 2 aliphatic heterocycles. The van der Waals surface area contributed by atoms with Crippen LogP contribution in [0.25, 0.3) is 0 Å². The Kier molecular flexibility index (Phi) is 5.56. The smallest absolute Gasteiger partial charge is 0.175 e. The van der Waals surface area contributed by atoms with Gasteiger partial charge in [0.2, 0.25) is 0 Å². The van der Waals surface area contributed by atoms with Crippen molar-refractivity contribution >= 4 is 32.9 Å². The second kappa shape index (κ2) is 7.95. The number of hydrogen-bond acceptors (Lipinski definition) is 6. The van der Waals surface area contributed by atoms with Gasteiger partial charge in [0.1, 0.15) is 6.04 Å². The number of nitrogens with zero attached hydrogens (tertiary/aromatic N) is 3. The van der Waals surface area contributed by atoms with Gasteiger partial charge in [0.25, 0.3) is 0 Å². The summed E-state index contributed by atoms with van der Waals surface area (Å²) in [5.41, 5.74) is 2.13. The zero-order valence-corrected chi connectivity index (χ0v) is 18.8. The molecule has 0 unspecified atom stereocenters. The van der Waals surface area contributed by atoms with Crippen LogP contribution in [0, 0.1) is 0 Å². The zero-order chi connectivity index (χ0) is 19.8. The molecule has 1 saturated heterocycles. The molecule has 0 aliphatic carbocycles. The normalized spacial score (nSPS) is 23.7. The van der Waals surface area contributed by atoms with Gasteiger partial charge in [0, 0.05) is 18.0 Å². The summed E-state index contributed by atoms with van der Waals surface area (Å²) in [6.07, 6.45) is 1.90. The highest BCUT2D eigenvalue weighted by molar-refractivity contribution is 9.10. The third-order valence-electron chi connectivity index (χ3n) is 4.83. The number of pyridine rings is 1. The molecule has 1 aromatic heterocycles. The van der Waals surface area contributed by atoms with Gasteiger partial charge in [-0.05, 0) is 59.6 Å². The summed E-state index contributed by atoms with van der Waals surface area (Å²) in [5, 5.41) is 1.63. The largest absolute Gasteiger partial charge is 0.493 e. The van der Waals surface area contributed by atoms with Crippen molar-refractivity contribution in [1.29, 1.82) is 0 Å².